The van der Waals surface area contributed by atoms with E-state index in [9.17, 15) is 5.11 Å². The van der Waals surface area contributed by atoms with Crippen LogP contribution in [-0.2, 0) is 0 Å². The second kappa shape index (κ2) is 9.92. The fraction of sp³-hybridized carbons (Fsp3) is 0.522. The summed E-state index contributed by atoms with van der Waals surface area (Å²) < 4.78 is 17.1. The summed E-state index contributed by atoms with van der Waals surface area (Å²) in [6, 6.07) is 4.09. The number of aliphatic hydroxyl groups is 1. The van der Waals surface area contributed by atoms with Crippen molar-refractivity contribution in [3.8, 4) is 17.4 Å². The number of rotatable bonds is 6. The van der Waals surface area contributed by atoms with E-state index in [-0.39, 0.29) is 30.5 Å². The third-order valence-electron chi connectivity index (χ3n) is 5.96. The van der Waals surface area contributed by atoms with Crippen molar-refractivity contribution in [2.45, 2.75) is 44.2 Å². The lowest BCUT2D eigenvalue weighted by atomic mass is 9.74. The highest BCUT2D eigenvalue weighted by atomic mass is 35.5. The number of aromatic nitrogens is 2. The first-order valence-corrected chi connectivity index (χ1v) is 10.7. The van der Waals surface area contributed by atoms with E-state index in [1.807, 2.05) is 38.1 Å². The number of methoxy groups -OCH3 is 2. The first-order valence-electron chi connectivity index (χ1n) is 10.7. The smallest absolute Gasteiger partial charge is 0.228 e. The van der Waals surface area contributed by atoms with Gasteiger partial charge in [-0.25, -0.2) is 4.98 Å². The molecule has 32 heavy (non-hydrogen) atoms. The SMILES string of the molecule is CCOc1cc2c(cc1OC)C(c1cnc(N(C)C)nc1OC)=N[C@@H]1CC[C@@H](O)C[C@H]21.Cl. The van der Waals surface area contributed by atoms with Gasteiger partial charge in [0, 0.05) is 31.8 Å². The molecule has 0 unspecified atom stereocenters. The summed E-state index contributed by atoms with van der Waals surface area (Å²) in [5, 5.41) is 10.3. The van der Waals surface area contributed by atoms with Crippen molar-refractivity contribution in [2.24, 2.45) is 4.99 Å². The molecule has 3 atom stereocenters. The number of aliphatic hydroxyl groups excluding tert-OH is 1. The van der Waals surface area contributed by atoms with Crippen molar-refractivity contribution in [3.05, 3.63) is 35.0 Å². The molecule has 0 saturated heterocycles. The van der Waals surface area contributed by atoms with Crippen LogP contribution < -0.4 is 19.1 Å². The van der Waals surface area contributed by atoms with Gasteiger partial charge in [0.1, 0.15) is 0 Å². The first-order chi connectivity index (χ1) is 15.0. The van der Waals surface area contributed by atoms with Crippen LogP contribution in [0, 0.1) is 0 Å². The topological polar surface area (TPSA) is 89.3 Å². The number of hydrogen-bond acceptors (Lipinski definition) is 8. The van der Waals surface area contributed by atoms with E-state index < -0.39 is 0 Å². The van der Waals surface area contributed by atoms with Crippen molar-refractivity contribution in [3.63, 3.8) is 0 Å². The Hall–Kier alpha value is -2.58. The molecule has 1 aliphatic carbocycles. The number of nitrogens with zero attached hydrogens (tertiary/aromatic N) is 4. The standard InChI is InChI=1S/C23H30N4O4.ClH/c1-6-31-20-10-14-15-9-13(28)7-8-18(15)25-21(16(14)11-19(20)29-4)17-12-24-23(27(2)3)26-22(17)30-5;/h10-13,15,18,28H,6-9H2,1-5H3;1H/t13-,15-,18-;/m1./s1. The molecule has 2 aromatic rings. The van der Waals surface area contributed by atoms with Gasteiger partial charge in [-0.2, -0.15) is 4.98 Å². The molecule has 1 fully saturated rings. The maximum absolute atomic E-state index is 10.3. The molecule has 1 saturated carbocycles. The molecule has 0 radical (unpaired) electrons. The van der Waals surface area contributed by atoms with Crippen molar-refractivity contribution >= 4 is 24.1 Å². The van der Waals surface area contributed by atoms with E-state index in [1.165, 1.54) is 0 Å². The summed E-state index contributed by atoms with van der Waals surface area (Å²) >= 11 is 0. The summed E-state index contributed by atoms with van der Waals surface area (Å²) in [5.41, 5.74) is 3.58. The Morgan fingerprint density at radius 3 is 2.53 bits per heavy atom. The first kappa shape index (κ1) is 24.1. The number of hydrogen-bond donors (Lipinski definition) is 1. The van der Waals surface area contributed by atoms with Crippen LogP contribution in [0.15, 0.2) is 23.3 Å². The number of anilines is 1. The highest BCUT2D eigenvalue weighted by Crippen LogP contribution is 2.45. The molecule has 1 aliphatic heterocycles. The summed E-state index contributed by atoms with van der Waals surface area (Å²) in [6.07, 6.45) is 3.70. The number of aliphatic imine (C=N–C) groups is 1. The third kappa shape index (κ3) is 4.34. The quantitative estimate of drug-likeness (QED) is 0.704. The highest BCUT2D eigenvalue weighted by molar-refractivity contribution is 6.16. The molecule has 0 amide bonds. The molecule has 174 valence electrons. The Kier molecular flexibility index (Phi) is 7.46. The van der Waals surface area contributed by atoms with Gasteiger partial charge in [-0.3, -0.25) is 4.99 Å². The zero-order valence-corrected chi connectivity index (χ0v) is 20.0. The van der Waals surface area contributed by atoms with Gasteiger partial charge in [0.15, 0.2) is 11.5 Å². The van der Waals surface area contributed by atoms with Crippen molar-refractivity contribution < 1.29 is 19.3 Å². The lowest BCUT2D eigenvalue weighted by Gasteiger charge is -2.37. The zero-order chi connectivity index (χ0) is 22.1. The van der Waals surface area contributed by atoms with E-state index in [4.69, 9.17) is 19.2 Å². The van der Waals surface area contributed by atoms with Crippen molar-refractivity contribution in [2.75, 3.05) is 39.8 Å². The molecule has 2 aliphatic rings. The number of fused-ring (bicyclic) bond motifs is 3. The minimum absolute atomic E-state index is 0. The van der Waals surface area contributed by atoms with Gasteiger partial charge in [0.2, 0.25) is 11.8 Å². The Labute approximate surface area is 195 Å². The van der Waals surface area contributed by atoms with Crippen LogP contribution in [0.25, 0.3) is 0 Å². The Morgan fingerprint density at radius 2 is 1.88 bits per heavy atom. The lowest BCUT2D eigenvalue weighted by molar-refractivity contribution is 0.111. The van der Waals surface area contributed by atoms with Crippen LogP contribution in [-0.4, -0.2) is 67.9 Å². The Balaban J connectivity index is 0.00000289. The molecule has 9 heteroatoms. The van der Waals surface area contributed by atoms with E-state index in [0.717, 1.165) is 35.2 Å². The van der Waals surface area contributed by atoms with Gasteiger partial charge < -0.3 is 24.2 Å². The van der Waals surface area contributed by atoms with Crippen LogP contribution in [0.3, 0.4) is 0 Å². The van der Waals surface area contributed by atoms with Crippen LogP contribution in [0.2, 0.25) is 0 Å². The summed E-state index contributed by atoms with van der Waals surface area (Å²) in [5.74, 6) is 2.52. The average Bonchev–Trinajstić information content (AvgIpc) is 2.78. The molecule has 8 nitrogen and oxygen atoms in total. The molecule has 1 aromatic heterocycles. The largest absolute Gasteiger partial charge is 0.493 e. The van der Waals surface area contributed by atoms with Gasteiger partial charge >= 0.3 is 0 Å². The van der Waals surface area contributed by atoms with E-state index in [1.54, 1.807) is 20.4 Å². The van der Waals surface area contributed by atoms with Crippen LogP contribution in [0.1, 0.15) is 48.8 Å². The molecular weight excluding hydrogens is 432 g/mol. The van der Waals surface area contributed by atoms with Gasteiger partial charge in [0.25, 0.3) is 0 Å². The van der Waals surface area contributed by atoms with Gasteiger partial charge in [0.05, 0.1) is 44.2 Å². The number of halogens is 1. The maximum atomic E-state index is 10.3. The van der Waals surface area contributed by atoms with E-state index >= 15 is 0 Å². The zero-order valence-electron chi connectivity index (χ0n) is 19.2. The highest BCUT2D eigenvalue weighted by Gasteiger charge is 2.38. The molecule has 2 heterocycles. The fourth-order valence-corrected chi connectivity index (χ4v) is 4.48. The number of ether oxygens (including phenoxy) is 3. The Morgan fingerprint density at radius 1 is 1.09 bits per heavy atom. The Bertz CT molecular complexity index is 998. The van der Waals surface area contributed by atoms with Crippen molar-refractivity contribution in [1.29, 1.82) is 0 Å². The molecule has 1 aromatic carbocycles. The lowest BCUT2D eigenvalue weighted by Crippen LogP contribution is -2.34. The van der Waals surface area contributed by atoms with Crippen LogP contribution in [0.4, 0.5) is 5.95 Å². The minimum atomic E-state index is -0.319. The summed E-state index contributed by atoms with van der Waals surface area (Å²) in [6.45, 7) is 2.49. The van der Waals surface area contributed by atoms with Gasteiger partial charge in [-0.15, -0.1) is 12.4 Å². The monoisotopic (exact) mass is 462 g/mol. The average molecular weight is 463 g/mol. The minimum Gasteiger partial charge on any atom is -0.493 e. The summed E-state index contributed by atoms with van der Waals surface area (Å²) in [4.78, 5) is 16.0. The van der Waals surface area contributed by atoms with Crippen LogP contribution >= 0.6 is 12.4 Å². The summed E-state index contributed by atoms with van der Waals surface area (Å²) in [7, 11) is 7.01. The third-order valence-corrected chi connectivity index (χ3v) is 5.96. The molecule has 0 bridgehead atoms. The molecule has 0 spiro atoms. The van der Waals surface area contributed by atoms with Crippen LogP contribution in [0.5, 0.6) is 17.4 Å². The predicted molar refractivity (Wildman–Crippen MR) is 126 cm³/mol. The fourth-order valence-electron chi connectivity index (χ4n) is 4.48. The van der Waals surface area contributed by atoms with Crippen molar-refractivity contribution in [1.82, 2.24) is 9.97 Å². The number of benzene rings is 1. The maximum Gasteiger partial charge on any atom is 0.228 e. The van der Waals surface area contributed by atoms with Gasteiger partial charge in [-0.1, -0.05) is 0 Å². The van der Waals surface area contributed by atoms with E-state index in [0.29, 0.717) is 36.4 Å². The molecule has 1 N–H and O–H groups in total. The predicted octanol–water partition coefficient (Wildman–Crippen LogP) is 3.23. The second-order valence-corrected chi connectivity index (χ2v) is 8.13. The van der Waals surface area contributed by atoms with E-state index in [2.05, 4.69) is 9.97 Å². The van der Waals surface area contributed by atoms with Gasteiger partial charge in [-0.05, 0) is 43.9 Å². The second-order valence-electron chi connectivity index (χ2n) is 8.13. The molecule has 4 rings (SSSR count). The normalized spacial score (nSPS) is 21.4. The molecular formula is C23H31ClN4O4.